The van der Waals surface area contributed by atoms with Gasteiger partial charge in [-0.1, -0.05) is 48.5 Å². The highest BCUT2D eigenvalue weighted by Gasteiger charge is 2.18. The van der Waals surface area contributed by atoms with Crippen molar-refractivity contribution in [2.45, 2.75) is 33.4 Å². The third-order valence-electron chi connectivity index (χ3n) is 5.37. The summed E-state index contributed by atoms with van der Waals surface area (Å²) < 4.78 is 25.9. The van der Waals surface area contributed by atoms with Crippen LogP contribution in [0.25, 0.3) is 0 Å². The molecule has 6 heteroatoms. The van der Waals surface area contributed by atoms with Crippen molar-refractivity contribution in [1.29, 1.82) is 0 Å². The summed E-state index contributed by atoms with van der Waals surface area (Å²) in [5.74, 6) is -0.166. The van der Waals surface area contributed by atoms with Gasteiger partial charge in [-0.3, -0.25) is 9.10 Å². The Labute approximate surface area is 184 Å². The van der Waals surface area contributed by atoms with Gasteiger partial charge < -0.3 is 5.32 Å². The first kappa shape index (κ1) is 22.6. The molecule has 0 saturated carbocycles. The van der Waals surface area contributed by atoms with Gasteiger partial charge in [-0.15, -0.1) is 0 Å². The summed E-state index contributed by atoms with van der Waals surface area (Å²) in [6.07, 6.45) is 1.19. The Kier molecular flexibility index (Phi) is 6.81. The third kappa shape index (κ3) is 5.73. The molecule has 0 aromatic heterocycles. The Morgan fingerprint density at radius 1 is 0.935 bits per heavy atom. The van der Waals surface area contributed by atoms with E-state index >= 15 is 0 Å². The second-order valence-electron chi connectivity index (χ2n) is 7.84. The van der Waals surface area contributed by atoms with Crippen LogP contribution in [0.5, 0.6) is 0 Å². The number of hydrogen-bond acceptors (Lipinski definition) is 3. The SMILES string of the molecule is Cc1ccc(C(C)NC(=O)c2ccc(CN(c3ccccc3)S(C)(=O)=O)cc2)cc1C. The standard InChI is InChI=1S/C25H28N2O3S/c1-18-10-13-23(16-19(18)2)20(3)26-25(28)22-14-11-21(12-15-22)17-27(31(4,29)30)24-8-6-5-7-9-24/h5-16,20H,17H2,1-4H3,(H,26,28). The van der Waals surface area contributed by atoms with Crippen molar-refractivity contribution in [3.8, 4) is 0 Å². The predicted molar refractivity (Wildman–Crippen MR) is 126 cm³/mol. The van der Waals surface area contributed by atoms with Crippen molar-refractivity contribution in [2.24, 2.45) is 0 Å². The summed E-state index contributed by atoms with van der Waals surface area (Å²) in [6, 6.07) is 22.1. The number of carbonyl (C=O) groups is 1. The zero-order chi connectivity index (χ0) is 22.6. The molecule has 1 N–H and O–H groups in total. The van der Waals surface area contributed by atoms with E-state index in [0.717, 1.165) is 11.1 Å². The van der Waals surface area contributed by atoms with Gasteiger partial charge in [0.1, 0.15) is 0 Å². The second-order valence-corrected chi connectivity index (χ2v) is 9.75. The molecule has 0 aliphatic rings. The normalized spacial score (nSPS) is 12.3. The summed E-state index contributed by atoms with van der Waals surface area (Å²) in [6.45, 7) is 6.28. The number of aryl methyl sites for hydroxylation is 2. The number of hydrogen-bond donors (Lipinski definition) is 1. The molecule has 1 unspecified atom stereocenters. The molecule has 162 valence electrons. The van der Waals surface area contributed by atoms with Gasteiger partial charge in [0.25, 0.3) is 5.91 Å². The number of nitrogens with one attached hydrogen (secondary N) is 1. The molecule has 0 spiro atoms. The van der Waals surface area contributed by atoms with E-state index in [1.165, 1.54) is 21.7 Å². The first-order valence-electron chi connectivity index (χ1n) is 10.1. The fourth-order valence-corrected chi connectivity index (χ4v) is 4.21. The minimum absolute atomic E-state index is 0.120. The number of rotatable bonds is 7. The van der Waals surface area contributed by atoms with Crippen molar-refractivity contribution < 1.29 is 13.2 Å². The van der Waals surface area contributed by atoms with Crippen LogP contribution in [0.2, 0.25) is 0 Å². The smallest absolute Gasteiger partial charge is 0.251 e. The van der Waals surface area contributed by atoms with E-state index < -0.39 is 10.0 Å². The Morgan fingerprint density at radius 2 is 1.58 bits per heavy atom. The van der Waals surface area contributed by atoms with Crippen molar-refractivity contribution in [1.82, 2.24) is 5.32 Å². The molecule has 0 radical (unpaired) electrons. The highest BCUT2D eigenvalue weighted by Crippen LogP contribution is 2.21. The van der Waals surface area contributed by atoms with Crippen LogP contribution in [0.3, 0.4) is 0 Å². The van der Waals surface area contributed by atoms with Crippen LogP contribution < -0.4 is 9.62 Å². The molecule has 3 aromatic rings. The minimum Gasteiger partial charge on any atom is -0.346 e. The van der Waals surface area contributed by atoms with Gasteiger partial charge >= 0.3 is 0 Å². The fraction of sp³-hybridized carbons (Fsp3) is 0.240. The average molecular weight is 437 g/mol. The number of amides is 1. The van der Waals surface area contributed by atoms with Gasteiger partial charge in [0, 0.05) is 5.56 Å². The molecule has 3 rings (SSSR count). The van der Waals surface area contributed by atoms with E-state index in [1.807, 2.05) is 19.1 Å². The highest BCUT2D eigenvalue weighted by molar-refractivity contribution is 7.92. The number of anilines is 1. The van der Waals surface area contributed by atoms with Crippen molar-refractivity contribution >= 4 is 21.6 Å². The van der Waals surface area contributed by atoms with Crippen LogP contribution >= 0.6 is 0 Å². The molecule has 0 aliphatic heterocycles. The number of para-hydroxylation sites is 1. The fourth-order valence-electron chi connectivity index (χ4n) is 3.32. The summed E-state index contributed by atoms with van der Waals surface area (Å²) >= 11 is 0. The Hall–Kier alpha value is -3.12. The number of carbonyl (C=O) groups excluding carboxylic acids is 1. The monoisotopic (exact) mass is 436 g/mol. The van der Waals surface area contributed by atoms with E-state index in [1.54, 1.807) is 48.5 Å². The van der Waals surface area contributed by atoms with Gasteiger partial charge in [-0.25, -0.2) is 8.42 Å². The Bertz CT molecular complexity index is 1160. The lowest BCUT2D eigenvalue weighted by Crippen LogP contribution is -2.29. The molecule has 0 aliphatic carbocycles. The molecule has 31 heavy (non-hydrogen) atoms. The van der Waals surface area contributed by atoms with Crippen LogP contribution in [-0.2, 0) is 16.6 Å². The molecular weight excluding hydrogens is 408 g/mol. The molecule has 1 amide bonds. The van der Waals surface area contributed by atoms with Gasteiger partial charge in [0.15, 0.2) is 0 Å². The molecule has 0 fully saturated rings. The van der Waals surface area contributed by atoms with E-state index in [9.17, 15) is 13.2 Å². The van der Waals surface area contributed by atoms with Crippen LogP contribution in [0.4, 0.5) is 5.69 Å². The average Bonchev–Trinajstić information content (AvgIpc) is 2.74. The molecule has 0 saturated heterocycles. The van der Waals surface area contributed by atoms with E-state index in [2.05, 4.69) is 31.3 Å². The van der Waals surface area contributed by atoms with Gasteiger partial charge in [-0.2, -0.15) is 0 Å². The van der Waals surface area contributed by atoms with Crippen LogP contribution in [0.15, 0.2) is 72.8 Å². The lowest BCUT2D eigenvalue weighted by atomic mass is 10.0. The van der Waals surface area contributed by atoms with Crippen molar-refractivity contribution in [2.75, 3.05) is 10.6 Å². The molecule has 5 nitrogen and oxygen atoms in total. The maximum atomic E-state index is 12.7. The van der Waals surface area contributed by atoms with Gasteiger partial charge in [0.2, 0.25) is 10.0 Å². The largest absolute Gasteiger partial charge is 0.346 e. The maximum Gasteiger partial charge on any atom is 0.251 e. The quantitative estimate of drug-likeness (QED) is 0.581. The molecule has 0 heterocycles. The van der Waals surface area contributed by atoms with Crippen molar-refractivity contribution in [3.05, 3.63) is 101 Å². The Morgan fingerprint density at radius 3 is 2.16 bits per heavy atom. The number of nitrogens with zero attached hydrogens (tertiary/aromatic N) is 1. The Balaban J connectivity index is 1.71. The second kappa shape index (κ2) is 9.35. The van der Waals surface area contributed by atoms with Crippen molar-refractivity contribution in [3.63, 3.8) is 0 Å². The number of benzene rings is 3. The summed E-state index contributed by atoms with van der Waals surface area (Å²) in [5, 5.41) is 3.02. The lowest BCUT2D eigenvalue weighted by molar-refractivity contribution is 0.0940. The molecule has 3 aromatic carbocycles. The summed E-state index contributed by atoms with van der Waals surface area (Å²) in [4.78, 5) is 12.7. The van der Waals surface area contributed by atoms with E-state index in [4.69, 9.17) is 0 Å². The topological polar surface area (TPSA) is 66.5 Å². The van der Waals surface area contributed by atoms with E-state index in [-0.39, 0.29) is 18.5 Å². The number of sulfonamides is 1. The predicted octanol–water partition coefficient (Wildman–Crippen LogP) is 4.76. The molecular formula is C25H28N2O3S. The molecule has 1 atom stereocenters. The van der Waals surface area contributed by atoms with Crippen LogP contribution in [-0.4, -0.2) is 20.6 Å². The first-order valence-corrected chi connectivity index (χ1v) is 12.0. The van der Waals surface area contributed by atoms with Crippen LogP contribution in [0, 0.1) is 13.8 Å². The van der Waals surface area contributed by atoms with Gasteiger partial charge in [0.05, 0.1) is 24.5 Å². The molecule has 0 bridgehead atoms. The van der Waals surface area contributed by atoms with E-state index in [0.29, 0.717) is 11.3 Å². The third-order valence-corrected chi connectivity index (χ3v) is 6.51. The van der Waals surface area contributed by atoms with Gasteiger partial charge in [-0.05, 0) is 67.3 Å². The van der Waals surface area contributed by atoms with Crippen LogP contribution in [0.1, 0.15) is 45.6 Å². The highest BCUT2D eigenvalue weighted by atomic mass is 32.2. The lowest BCUT2D eigenvalue weighted by Gasteiger charge is -2.22. The maximum absolute atomic E-state index is 12.7. The zero-order valence-corrected chi connectivity index (χ0v) is 19.1. The first-order chi connectivity index (χ1) is 14.6. The summed E-state index contributed by atoms with van der Waals surface area (Å²) in [7, 11) is -3.44. The summed E-state index contributed by atoms with van der Waals surface area (Å²) in [5.41, 5.74) is 5.40. The minimum atomic E-state index is -3.44. The zero-order valence-electron chi connectivity index (χ0n) is 18.3.